The molecule has 8 nitrogen and oxygen atoms in total. The van der Waals surface area contributed by atoms with Gasteiger partial charge in [0.15, 0.2) is 11.0 Å². The fraction of sp³-hybridized carbons (Fsp3) is 0.0833. The summed E-state index contributed by atoms with van der Waals surface area (Å²) >= 11 is 1.28. The third kappa shape index (κ3) is 5.78. The van der Waals surface area contributed by atoms with Crippen molar-refractivity contribution >= 4 is 30.0 Å². The molecule has 0 unspecified atom stereocenters. The van der Waals surface area contributed by atoms with Crippen LogP contribution in [0.25, 0.3) is 23.2 Å². The Hall–Kier alpha value is -4.11. The summed E-state index contributed by atoms with van der Waals surface area (Å²) in [6.45, 7) is 0. The Balaban J connectivity index is 1.45. The molecule has 0 aliphatic rings. The van der Waals surface area contributed by atoms with Gasteiger partial charge in [-0.3, -0.25) is 9.36 Å². The molecule has 2 aromatic heterocycles. The molecule has 0 spiro atoms. The molecule has 0 radical (unpaired) electrons. The number of hydrogen-bond donors (Lipinski definition) is 1. The lowest BCUT2D eigenvalue weighted by Crippen LogP contribution is -2.19. The number of methoxy groups -OCH3 is 1. The average molecular weight is 460 g/mol. The SMILES string of the molecule is COc1ccc(-c2nnc(SCC(=O)N/N=C/C=C/c3ccco3)n2-c2ccccc2)cc1. The number of furan rings is 1. The summed E-state index contributed by atoms with van der Waals surface area (Å²) in [4.78, 5) is 12.2. The Morgan fingerprint density at radius 1 is 1.12 bits per heavy atom. The monoisotopic (exact) mass is 459 g/mol. The van der Waals surface area contributed by atoms with E-state index in [1.165, 1.54) is 18.0 Å². The van der Waals surface area contributed by atoms with Crippen LogP contribution in [0.5, 0.6) is 5.75 Å². The van der Waals surface area contributed by atoms with E-state index in [2.05, 4.69) is 20.7 Å². The highest BCUT2D eigenvalue weighted by molar-refractivity contribution is 7.99. The second kappa shape index (κ2) is 11.0. The maximum atomic E-state index is 12.2. The normalized spacial score (nSPS) is 11.3. The van der Waals surface area contributed by atoms with Gasteiger partial charge in [0.05, 0.1) is 19.1 Å². The number of nitrogens with one attached hydrogen (secondary N) is 1. The molecule has 0 saturated carbocycles. The fourth-order valence-electron chi connectivity index (χ4n) is 2.94. The molecule has 1 amide bonds. The quantitative estimate of drug-likeness (QED) is 0.226. The number of thioether (sulfide) groups is 1. The van der Waals surface area contributed by atoms with Crippen molar-refractivity contribution in [2.24, 2.45) is 5.10 Å². The van der Waals surface area contributed by atoms with Gasteiger partial charge in [-0.1, -0.05) is 30.0 Å². The number of allylic oxidation sites excluding steroid dienone is 1. The van der Waals surface area contributed by atoms with Crippen molar-refractivity contribution in [3.8, 4) is 22.8 Å². The molecule has 1 N–H and O–H groups in total. The second-order valence-corrected chi connectivity index (χ2v) is 7.62. The molecule has 4 rings (SSSR count). The molecule has 33 heavy (non-hydrogen) atoms. The number of aromatic nitrogens is 3. The molecule has 2 aromatic carbocycles. The van der Waals surface area contributed by atoms with Gasteiger partial charge < -0.3 is 9.15 Å². The number of nitrogens with zero attached hydrogens (tertiary/aromatic N) is 4. The highest BCUT2D eigenvalue weighted by Crippen LogP contribution is 2.28. The van der Waals surface area contributed by atoms with Crippen LogP contribution in [0.1, 0.15) is 5.76 Å². The molecule has 0 aliphatic carbocycles. The molecule has 2 heterocycles. The van der Waals surface area contributed by atoms with Gasteiger partial charge in [0.1, 0.15) is 11.5 Å². The number of hydrazone groups is 1. The van der Waals surface area contributed by atoms with Crippen LogP contribution in [0, 0.1) is 0 Å². The Kier molecular flexibility index (Phi) is 7.34. The van der Waals surface area contributed by atoms with E-state index in [9.17, 15) is 4.79 Å². The molecular formula is C24H21N5O3S. The molecular weight excluding hydrogens is 438 g/mol. The third-order valence-electron chi connectivity index (χ3n) is 4.48. The standard InChI is InChI=1S/C24H21N5O3S/c1-31-20-13-11-18(12-14-20)23-27-28-24(29(23)19-7-3-2-4-8-19)33-17-22(30)26-25-15-5-9-21-10-6-16-32-21/h2-16H,17H2,1H3,(H,26,30)/b9-5+,25-15+. The minimum atomic E-state index is -0.253. The first kappa shape index (κ1) is 22.1. The summed E-state index contributed by atoms with van der Waals surface area (Å²) in [5, 5.41) is 13.2. The van der Waals surface area contributed by atoms with E-state index in [1.807, 2.05) is 65.2 Å². The van der Waals surface area contributed by atoms with Gasteiger partial charge in [0.2, 0.25) is 0 Å². The van der Waals surface area contributed by atoms with E-state index >= 15 is 0 Å². The van der Waals surface area contributed by atoms with E-state index in [0.29, 0.717) is 16.7 Å². The van der Waals surface area contributed by atoms with Gasteiger partial charge >= 0.3 is 0 Å². The van der Waals surface area contributed by atoms with Crippen LogP contribution < -0.4 is 10.2 Å². The number of carbonyl (C=O) groups excluding carboxylic acids is 1. The van der Waals surface area contributed by atoms with Gasteiger partial charge in [-0.15, -0.1) is 10.2 Å². The fourth-order valence-corrected chi connectivity index (χ4v) is 3.68. The minimum Gasteiger partial charge on any atom is -0.497 e. The van der Waals surface area contributed by atoms with Crippen molar-refractivity contribution < 1.29 is 13.9 Å². The van der Waals surface area contributed by atoms with Gasteiger partial charge in [-0.05, 0) is 60.7 Å². The van der Waals surface area contributed by atoms with E-state index in [-0.39, 0.29) is 11.7 Å². The summed E-state index contributed by atoms with van der Waals surface area (Å²) < 4.78 is 12.4. The van der Waals surface area contributed by atoms with Crippen LogP contribution in [-0.4, -0.2) is 39.7 Å². The Bertz CT molecular complexity index is 1230. The van der Waals surface area contributed by atoms with Crippen molar-refractivity contribution in [3.63, 3.8) is 0 Å². The third-order valence-corrected chi connectivity index (χ3v) is 5.41. The molecule has 0 saturated heterocycles. The molecule has 166 valence electrons. The summed E-state index contributed by atoms with van der Waals surface area (Å²) in [7, 11) is 1.63. The van der Waals surface area contributed by atoms with Crippen molar-refractivity contribution in [3.05, 3.63) is 84.8 Å². The van der Waals surface area contributed by atoms with Gasteiger partial charge in [0.25, 0.3) is 5.91 Å². The smallest absolute Gasteiger partial charge is 0.250 e. The predicted molar refractivity (Wildman–Crippen MR) is 128 cm³/mol. The number of amides is 1. The van der Waals surface area contributed by atoms with E-state index in [0.717, 1.165) is 17.0 Å². The summed E-state index contributed by atoms with van der Waals surface area (Å²) in [5.74, 6) is 2.02. The topological polar surface area (TPSA) is 94.5 Å². The lowest BCUT2D eigenvalue weighted by Gasteiger charge is -2.10. The molecule has 0 atom stereocenters. The van der Waals surface area contributed by atoms with Crippen LogP contribution in [0.15, 0.2) is 93.7 Å². The highest BCUT2D eigenvalue weighted by Gasteiger charge is 2.17. The molecule has 0 aliphatic heterocycles. The van der Waals surface area contributed by atoms with E-state index in [1.54, 1.807) is 31.6 Å². The molecule has 0 fully saturated rings. The number of carbonyl (C=O) groups is 1. The lowest BCUT2D eigenvalue weighted by atomic mass is 10.2. The van der Waals surface area contributed by atoms with Crippen LogP contribution in [0.2, 0.25) is 0 Å². The van der Waals surface area contributed by atoms with E-state index in [4.69, 9.17) is 9.15 Å². The second-order valence-electron chi connectivity index (χ2n) is 6.68. The summed E-state index contributed by atoms with van der Waals surface area (Å²) in [5.41, 5.74) is 4.29. The predicted octanol–water partition coefficient (Wildman–Crippen LogP) is 4.44. The van der Waals surface area contributed by atoms with Crippen molar-refractivity contribution in [1.82, 2.24) is 20.2 Å². The molecule has 0 bridgehead atoms. The number of para-hydroxylation sites is 1. The lowest BCUT2D eigenvalue weighted by molar-refractivity contribution is -0.118. The van der Waals surface area contributed by atoms with Crippen molar-refractivity contribution in [2.75, 3.05) is 12.9 Å². The van der Waals surface area contributed by atoms with Gasteiger partial charge in [-0.2, -0.15) is 5.10 Å². The Morgan fingerprint density at radius 2 is 1.94 bits per heavy atom. The zero-order valence-electron chi connectivity index (χ0n) is 17.8. The maximum absolute atomic E-state index is 12.2. The van der Waals surface area contributed by atoms with Crippen LogP contribution in [0.4, 0.5) is 0 Å². The van der Waals surface area contributed by atoms with E-state index < -0.39 is 0 Å². The first-order valence-corrected chi connectivity index (χ1v) is 11.0. The number of ether oxygens (including phenoxy) is 1. The summed E-state index contributed by atoms with van der Waals surface area (Å²) in [6.07, 6.45) is 6.50. The minimum absolute atomic E-state index is 0.132. The Morgan fingerprint density at radius 3 is 2.67 bits per heavy atom. The zero-order chi connectivity index (χ0) is 22.9. The number of benzene rings is 2. The van der Waals surface area contributed by atoms with Crippen LogP contribution in [-0.2, 0) is 4.79 Å². The van der Waals surface area contributed by atoms with Gasteiger partial charge in [-0.25, -0.2) is 5.43 Å². The van der Waals surface area contributed by atoms with Gasteiger partial charge in [0, 0.05) is 17.5 Å². The highest BCUT2D eigenvalue weighted by atomic mass is 32.2. The average Bonchev–Trinajstić information content (AvgIpc) is 3.53. The first-order chi connectivity index (χ1) is 16.2. The van der Waals surface area contributed by atoms with Crippen LogP contribution >= 0.6 is 11.8 Å². The number of rotatable bonds is 9. The zero-order valence-corrected chi connectivity index (χ0v) is 18.6. The molecule has 9 heteroatoms. The first-order valence-electron chi connectivity index (χ1n) is 10.0. The molecule has 4 aromatic rings. The Labute approximate surface area is 195 Å². The van der Waals surface area contributed by atoms with Crippen molar-refractivity contribution in [1.29, 1.82) is 0 Å². The largest absolute Gasteiger partial charge is 0.497 e. The van der Waals surface area contributed by atoms with Crippen LogP contribution in [0.3, 0.4) is 0 Å². The van der Waals surface area contributed by atoms with Crippen molar-refractivity contribution in [2.45, 2.75) is 5.16 Å². The maximum Gasteiger partial charge on any atom is 0.250 e. The number of hydrogen-bond acceptors (Lipinski definition) is 7. The summed E-state index contributed by atoms with van der Waals surface area (Å²) in [6, 6.07) is 21.0.